The van der Waals surface area contributed by atoms with Crippen LogP contribution in [0.3, 0.4) is 0 Å². The molecule has 2 aliphatic heterocycles. The molecule has 1 saturated heterocycles. The number of ether oxygens (including phenoxy) is 4. The number of fused-ring (bicyclic) bond motifs is 1. The number of carbonyl (C=O) groups excluding carboxylic acids is 1. The van der Waals surface area contributed by atoms with Crippen molar-refractivity contribution in [3.63, 3.8) is 0 Å². The maximum Gasteiger partial charge on any atom is 0.411 e. The molecule has 1 unspecified atom stereocenters. The molecular weight excluding hydrogens is 331 g/mol. The van der Waals surface area contributed by atoms with E-state index in [-0.39, 0.29) is 25.8 Å². The lowest BCUT2D eigenvalue weighted by molar-refractivity contribution is -0.201. The standard InChI is InChI=1S/C15H16F3NO5/c1-9(24-10-2-3-12-13(4-10)23-8-22-12)14(20)19-5-11(6-19)21-7-15(16,17)18/h2-4,9,11H,5-8H2,1H3. The Balaban J connectivity index is 1.46. The summed E-state index contributed by atoms with van der Waals surface area (Å²) in [5, 5.41) is 0. The van der Waals surface area contributed by atoms with Crippen molar-refractivity contribution in [3.05, 3.63) is 18.2 Å². The molecule has 9 heteroatoms. The highest BCUT2D eigenvalue weighted by Crippen LogP contribution is 2.35. The average molecular weight is 347 g/mol. The van der Waals surface area contributed by atoms with Crippen molar-refractivity contribution in [1.82, 2.24) is 4.90 Å². The zero-order valence-corrected chi connectivity index (χ0v) is 12.8. The van der Waals surface area contributed by atoms with Crippen LogP contribution >= 0.6 is 0 Å². The van der Waals surface area contributed by atoms with Gasteiger partial charge in [0.25, 0.3) is 5.91 Å². The Morgan fingerprint density at radius 2 is 2.04 bits per heavy atom. The van der Waals surface area contributed by atoms with E-state index in [1.165, 1.54) is 4.90 Å². The van der Waals surface area contributed by atoms with E-state index < -0.39 is 25.0 Å². The molecule has 1 aromatic carbocycles. The molecule has 0 N–H and O–H groups in total. The number of benzene rings is 1. The molecule has 0 radical (unpaired) electrons. The minimum Gasteiger partial charge on any atom is -0.481 e. The SMILES string of the molecule is CC(Oc1ccc2c(c1)OCO2)C(=O)N1CC(OCC(F)(F)F)C1. The Bertz CT molecular complexity index is 616. The van der Waals surface area contributed by atoms with E-state index in [4.69, 9.17) is 14.2 Å². The molecule has 0 saturated carbocycles. The van der Waals surface area contributed by atoms with Gasteiger partial charge in [0, 0.05) is 19.2 Å². The Morgan fingerprint density at radius 1 is 1.33 bits per heavy atom. The molecular formula is C15H16F3NO5. The molecule has 1 aromatic rings. The molecule has 24 heavy (non-hydrogen) atoms. The predicted molar refractivity (Wildman–Crippen MR) is 75.0 cm³/mol. The van der Waals surface area contributed by atoms with Gasteiger partial charge in [-0.1, -0.05) is 0 Å². The van der Waals surface area contributed by atoms with Crippen molar-refractivity contribution in [2.24, 2.45) is 0 Å². The highest BCUT2D eigenvalue weighted by atomic mass is 19.4. The predicted octanol–water partition coefficient (Wildman–Crippen LogP) is 1.97. The molecule has 3 rings (SSSR count). The first-order chi connectivity index (χ1) is 11.3. The molecule has 0 aromatic heterocycles. The molecule has 6 nitrogen and oxygen atoms in total. The Kier molecular flexibility index (Phi) is 4.44. The monoisotopic (exact) mass is 347 g/mol. The van der Waals surface area contributed by atoms with Crippen LogP contribution in [0.2, 0.25) is 0 Å². The van der Waals surface area contributed by atoms with Crippen molar-refractivity contribution in [2.45, 2.75) is 25.3 Å². The van der Waals surface area contributed by atoms with Crippen LogP contribution in [0, 0.1) is 0 Å². The smallest absolute Gasteiger partial charge is 0.411 e. The lowest BCUT2D eigenvalue weighted by Crippen LogP contribution is -2.58. The Morgan fingerprint density at radius 3 is 2.75 bits per heavy atom. The second-order valence-electron chi connectivity index (χ2n) is 5.57. The van der Waals surface area contributed by atoms with Crippen LogP contribution in [0.15, 0.2) is 18.2 Å². The van der Waals surface area contributed by atoms with E-state index in [1.807, 2.05) is 0 Å². The number of carbonyl (C=O) groups is 1. The number of hydrogen-bond donors (Lipinski definition) is 0. The van der Waals surface area contributed by atoms with Crippen molar-refractivity contribution in [1.29, 1.82) is 0 Å². The number of amides is 1. The summed E-state index contributed by atoms with van der Waals surface area (Å²) < 4.78 is 56.8. The van der Waals surface area contributed by atoms with Gasteiger partial charge in [-0.3, -0.25) is 4.79 Å². The van der Waals surface area contributed by atoms with Crippen LogP contribution in [0.4, 0.5) is 13.2 Å². The summed E-state index contributed by atoms with van der Waals surface area (Å²) in [5.41, 5.74) is 0. The number of nitrogens with zero attached hydrogens (tertiary/aromatic N) is 1. The fourth-order valence-electron chi connectivity index (χ4n) is 2.40. The second-order valence-corrected chi connectivity index (χ2v) is 5.57. The van der Waals surface area contributed by atoms with Gasteiger partial charge in [0.05, 0.1) is 6.10 Å². The summed E-state index contributed by atoms with van der Waals surface area (Å²) >= 11 is 0. The number of hydrogen-bond acceptors (Lipinski definition) is 5. The third-order valence-electron chi connectivity index (χ3n) is 3.65. The van der Waals surface area contributed by atoms with Gasteiger partial charge in [-0.25, -0.2) is 0 Å². The Labute approximate surface area is 136 Å². The fourth-order valence-corrected chi connectivity index (χ4v) is 2.40. The van der Waals surface area contributed by atoms with E-state index in [9.17, 15) is 18.0 Å². The van der Waals surface area contributed by atoms with E-state index in [2.05, 4.69) is 4.74 Å². The molecule has 132 valence electrons. The topological polar surface area (TPSA) is 57.2 Å². The minimum absolute atomic E-state index is 0.129. The molecule has 0 spiro atoms. The van der Waals surface area contributed by atoms with Crippen molar-refractivity contribution in [2.75, 3.05) is 26.5 Å². The zero-order chi connectivity index (χ0) is 17.3. The summed E-state index contributed by atoms with van der Waals surface area (Å²) in [6.07, 6.45) is -5.72. The summed E-state index contributed by atoms with van der Waals surface area (Å²) in [5.74, 6) is 1.29. The number of rotatable bonds is 5. The van der Waals surface area contributed by atoms with Crippen molar-refractivity contribution >= 4 is 5.91 Å². The second kappa shape index (κ2) is 6.39. The minimum atomic E-state index is -4.36. The molecule has 1 atom stereocenters. The fraction of sp³-hybridized carbons (Fsp3) is 0.533. The van der Waals surface area contributed by atoms with Crippen LogP contribution in [0.1, 0.15) is 6.92 Å². The summed E-state index contributed by atoms with van der Waals surface area (Å²) in [4.78, 5) is 13.6. The lowest BCUT2D eigenvalue weighted by atomic mass is 10.1. The summed E-state index contributed by atoms with van der Waals surface area (Å²) in [6.45, 7) is 0.674. The largest absolute Gasteiger partial charge is 0.481 e. The first-order valence-electron chi connectivity index (χ1n) is 7.35. The van der Waals surface area contributed by atoms with Gasteiger partial charge in [0.2, 0.25) is 6.79 Å². The molecule has 0 aliphatic carbocycles. The first kappa shape index (κ1) is 16.7. The van der Waals surface area contributed by atoms with Crippen LogP contribution < -0.4 is 14.2 Å². The van der Waals surface area contributed by atoms with Crippen molar-refractivity contribution in [3.8, 4) is 17.2 Å². The van der Waals surface area contributed by atoms with Crippen LogP contribution in [0.25, 0.3) is 0 Å². The third kappa shape index (κ3) is 3.84. The van der Waals surface area contributed by atoms with Crippen LogP contribution in [0.5, 0.6) is 17.2 Å². The average Bonchev–Trinajstić information content (AvgIpc) is 2.91. The van der Waals surface area contributed by atoms with Gasteiger partial charge < -0.3 is 23.8 Å². The van der Waals surface area contributed by atoms with Gasteiger partial charge in [-0.15, -0.1) is 0 Å². The maximum absolute atomic E-state index is 12.2. The van der Waals surface area contributed by atoms with E-state index in [1.54, 1.807) is 25.1 Å². The first-order valence-corrected chi connectivity index (χ1v) is 7.35. The molecule has 2 heterocycles. The maximum atomic E-state index is 12.2. The van der Waals surface area contributed by atoms with E-state index in [0.717, 1.165) is 0 Å². The van der Waals surface area contributed by atoms with Crippen molar-refractivity contribution < 1.29 is 36.9 Å². The Hall–Kier alpha value is -2.16. The van der Waals surface area contributed by atoms with Gasteiger partial charge in [-0.05, 0) is 19.1 Å². The van der Waals surface area contributed by atoms with Crippen LogP contribution in [-0.4, -0.2) is 55.7 Å². The molecule has 1 fully saturated rings. The molecule has 2 aliphatic rings. The zero-order valence-electron chi connectivity index (χ0n) is 12.8. The normalized spacial score (nSPS) is 18.2. The summed E-state index contributed by atoms with van der Waals surface area (Å²) in [6, 6.07) is 4.96. The van der Waals surface area contributed by atoms with Crippen LogP contribution in [-0.2, 0) is 9.53 Å². The number of halogens is 3. The third-order valence-corrected chi connectivity index (χ3v) is 3.65. The van der Waals surface area contributed by atoms with E-state index >= 15 is 0 Å². The number of likely N-dealkylation sites (tertiary alicyclic amines) is 1. The lowest BCUT2D eigenvalue weighted by Gasteiger charge is -2.40. The molecule has 0 bridgehead atoms. The summed E-state index contributed by atoms with van der Waals surface area (Å²) in [7, 11) is 0. The van der Waals surface area contributed by atoms with Gasteiger partial charge in [0.1, 0.15) is 12.4 Å². The van der Waals surface area contributed by atoms with Gasteiger partial charge >= 0.3 is 6.18 Å². The van der Waals surface area contributed by atoms with Gasteiger partial charge in [0.15, 0.2) is 17.6 Å². The van der Waals surface area contributed by atoms with E-state index in [0.29, 0.717) is 17.2 Å². The molecule has 1 amide bonds. The number of alkyl halides is 3. The van der Waals surface area contributed by atoms with Gasteiger partial charge in [-0.2, -0.15) is 13.2 Å². The quantitative estimate of drug-likeness (QED) is 0.815. The highest BCUT2D eigenvalue weighted by molar-refractivity contribution is 5.81. The highest BCUT2D eigenvalue weighted by Gasteiger charge is 2.37.